The van der Waals surface area contributed by atoms with Gasteiger partial charge in [-0.2, -0.15) is 0 Å². The first-order chi connectivity index (χ1) is 8.40. The highest BCUT2D eigenvalue weighted by atomic mass is 16.5. The van der Waals surface area contributed by atoms with Gasteiger partial charge in [0.05, 0.1) is 6.61 Å². The van der Waals surface area contributed by atoms with E-state index >= 15 is 0 Å². The summed E-state index contributed by atoms with van der Waals surface area (Å²) in [5.74, 6) is 0. The lowest BCUT2D eigenvalue weighted by molar-refractivity contribution is 0.00900. The van der Waals surface area contributed by atoms with Crippen molar-refractivity contribution in [3.05, 3.63) is 0 Å². The molecule has 0 aromatic rings. The molecule has 17 heavy (non-hydrogen) atoms. The second-order valence-corrected chi connectivity index (χ2v) is 4.92. The minimum atomic E-state index is 0.776. The van der Waals surface area contributed by atoms with Gasteiger partial charge in [0.25, 0.3) is 0 Å². The number of piperazine rings is 1. The van der Waals surface area contributed by atoms with Gasteiger partial charge in [-0.1, -0.05) is 0 Å². The summed E-state index contributed by atoms with van der Waals surface area (Å²) in [7, 11) is 0. The van der Waals surface area contributed by atoms with Crippen LogP contribution in [0.1, 0.15) is 19.8 Å². The number of nitrogens with zero attached hydrogens (tertiary/aromatic N) is 2. The zero-order valence-corrected chi connectivity index (χ0v) is 11.1. The first-order valence-electron chi connectivity index (χ1n) is 7.02. The van der Waals surface area contributed by atoms with Crippen molar-refractivity contribution >= 4 is 0 Å². The smallest absolute Gasteiger partial charge is 0.0593 e. The van der Waals surface area contributed by atoms with Crippen LogP contribution >= 0.6 is 0 Å². The average Bonchev–Trinajstić information content (AvgIpc) is 2.41. The summed E-state index contributed by atoms with van der Waals surface area (Å²) in [5, 5.41) is 0. The van der Waals surface area contributed by atoms with Crippen LogP contribution < -0.4 is 0 Å². The molecule has 0 unspecified atom stereocenters. The minimum Gasteiger partial charge on any atom is -0.381 e. The van der Waals surface area contributed by atoms with E-state index in [1.54, 1.807) is 0 Å². The van der Waals surface area contributed by atoms with Crippen molar-refractivity contribution in [2.24, 2.45) is 0 Å². The number of hydrogen-bond donors (Lipinski definition) is 0. The molecule has 0 amide bonds. The number of rotatable bonds is 5. The van der Waals surface area contributed by atoms with E-state index in [1.807, 2.05) is 0 Å². The van der Waals surface area contributed by atoms with Gasteiger partial charge in [-0.05, 0) is 19.8 Å². The van der Waals surface area contributed by atoms with E-state index in [4.69, 9.17) is 9.47 Å². The fourth-order valence-corrected chi connectivity index (χ4v) is 2.74. The molecule has 2 aliphatic rings. The molecule has 4 nitrogen and oxygen atoms in total. The predicted octanol–water partition coefficient (Wildman–Crippen LogP) is 0.819. The summed E-state index contributed by atoms with van der Waals surface area (Å²) in [6.07, 6.45) is 2.44. The van der Waals surface area contributed by atoms with E-state index in [2.05, 4.69) is 16.7 Å². The van der Waals surface area contributed by atoms with E-state index in [9.17, 15) is 0 Å². The zero-order chi connectivity index (χ0) is 11.9. The largest absolute Gasteiger partial charge is 0.381 e. The molecule has 100 valence electrons. The Labute approximate surface area is 105 Å². The Hall–Kier alpha value is -0.160. The molecule has 2 rings (SSSR count). The molecule has 0 bridgehead atoms. The Balaban J connectivity index is 1.63. The molecule has 0 radical (unpaired) electrons. The molecule has 0 saturated carbocycles. The van der Waals surface area contributed by atoms with E-state index in [-0.39, 0.29) is 0 Å². The van der Waals surface area contributed by atoms with Crippen molar-refractivity contribution in [2.75, 3.05) is 59.2 Å². The van der Waals surface area contributed by atoms with Gasteiger partial charge in [0.1, 0.15) is 0 Å². The van der Waals surface area contributed by atoms with Crippen LogP contribution in [0.2, 0.25) is 0 Å². The fraction of sp³-hybridized carbons (Fsp3) is 1.00. The first kappa shape index (κ1) is 13.3. The Morgan fingerprint density at radius 1 is 1.12 bits per heavy atom. The van der Waals surface area contributed by atoms with Crippen LogP contribution in [0.5, 0.6) is 0 Å². The Bertz CT molecular complexity index is 200. The van der Waals surface area contributed by atoms with Crippen molar-refractivity contribution < 1.29 is 9.47 Å². The average molecular weight is 242 g/mol. The maximum absolute atomic E-state index is 5.42. The van der Waals surface area contributed by atoms with Gasteiger partial charge < -0.3 is 9.47 Å². The number of ether oxygens (including phenoxy) is 2. The van der Waals surface area contributed by atoms with Crippen LogP contribution in [-0.4, -0.2) is 75.0 Å². The molecule has 2 heterocycles. The fourth-order valence-electron chi connectivity index (χ4n) is 2.74. The molecule has 0 atom stereocenters. The third kappa shape index (κ3) is 4.21. The van der Waals surface area contributed by atoms with Gasteiger partial charge in [-0.15, -0.1) is 0 Å². The molecule has 4 heteroatoms. The third-order valence-electron chi connectivity index (χ3n) is 3.87. The van der Waals surface area contributed by atoms with Crippen molar-refractivity contribution in [2.45, 2.75) is 25.8 Å². The van der Waals surface area contributed by atoms with E-state index in [0.717, 1.165) is 39.0 Å². The normalized spacial score (nSPS) is 25.2. The van der Waals surface area contributed by atoms with Gasteiger partial charge in [-0.25, -0.2) is 0 Å². The highest BCUT2D eigenvalue weighted by Gasteiger charge is 2.24. The molecule has 2 saturated heterocycles. The highest BCUT2D eigenvalue weighted by Crippen LogP contribution is 2.16. The maximum Gasteiger partial charge on any atom is 0.0593 e. The summed E-state index contributed by atoms with van der Waals surface area (Å²) in [4.78, 5) is 5.17. The highest BCUT2D eigenvalue weighted by molar-refractivity contribution is 4.80. The topological polar surface area (TPSA) is 24.9 Å². The zero-order valence-electron chi connectivity index (χ0n) is 11.1. The molecular weight excluding hydrogens is 216 g/mol. The maximum atomic E-state index is 5.42. The summed E-state index contributed by atoms with van der Waals surface area (Å²) in [5.41, 5.74) is 0. The second kappa shape index (κ2) is 7.31. The summed E-state index contributed by atoms with van der Waals surface area (Å²) < 4.78 is 10.8. The Kier molecular flexibility index (Phi) is 5.71. The van der Waals surface area contributed by atoms with Gasteiger partial charge in [0.15, 0.2) is 0 Å². The second-order valence-electron chi connectivity index (χ2n) is 4.92. The third-order valence-corrected chi connectivity index (χ3v) is 3.87. The SMILES string of the molecule is CCOCCN1CCN(C2CCOCC2)CC1. The first-order valence-corrected chi connectivity index (χ1v) is 7.02. The van der Waals surface area contributed by atoms with E-state index in [0.29, 0.717) is 0 Å². The van der Waals surface area contributed by atoms with Crippen LogP contribution in [0.15, 0.2) is 0 Å². The molecule has 2 fully saturated rings. The van der Waals surface area contributed by atoms with Gasteiger partial charge in [0.2, 0.25) is 0 Å². The van der Waals surface area contributed by atoms with Crippen molar-refractivity contribution in [1.29, 1.82) is 0 Å². The van der Waals surface area contributed by atoms with Crippen LogP contribution in [0.4, 0.5) is 0 Å². The number of hydrogen-bond acceptors (Lipinski definition) is 4. The van der Waals surface area contributed by atoms with E-state index in [1.165, 1.54) is 39.0 Å². The van der Waals surface area contributed by atoms with Crippen LogP contribution in [-0.2, 0) is 9.47 Å². The van der Waals surface area contributed by atoms with Gasteiger partial charge >= 0.3 is 0 Å². The van der Waals surface area contributed by atoms with Crippen molar-refractivity contribution in [1.82, 2.24) is 9.80 Å². The monoisotopic (exact) mass is 242 g/mol. The molecule has 0 aromatic carbocycles. The molecule has 2 aliphatic heterocycles. The summed E-state index contributed by atoms with van der Waals surface area (Å²) in [6, 6.07) is 0.776. The Morgan fingerprint density at radius 3 is 2.47 bits per heavy atom. The Morgan fingerprint density at radius 2 is 1.82 bits per heavy atom. The molecule has 0 spiro atoms. The lowest BCUT2D eigenvalue weighted by Crippen LogP contribution is -2.52. The summed E-state index contributed by atoms with van der Waals surface area (Å²) in [6.45, 7) is 11.6. The molecule has 0 aliphatic carbocycles. The van der Waals surface area contributed by atoms with Gasteiger partial charge in [0, 0.05) is 58.6 Å². The minimum absolute atomic E-state index is 0.776. The predicted molar refractivity (Wildman–Crippen MR) is 68.3 cm³/mol. The van der Waals surface area contributed by atoms with Crippen LogP contribution in [0, 0.1) is 0 Å². The quantitative estimate of drug-likeness (QED) is 0.666. The molecular formula is C13H26N2O2. The standard InChI is InChI=1S/C13H26N2O2/c1-2-16-12-9-14-5-7-15(8-6-14)13-3-10-17-11-4-13/h13H,2-12H2,1H3. The van der Waals surface area contributed by atoms with Crippen molar-refractivity contribution in [3.63, 3.8) is 0 Å². The van der Waals surface area contributed by atoms with Crippen LogP contribution in [0.25, 0.3) is 0 Å². The summed E-state index contributed by atoms with van der Waals surface area (Å²) >= 11 is 0. The lowest BCUT2D eigenvalue weighted by atomic mass is 10.1. The van der Waals surface area contributed by atoms with Crippen molar-refractivity contribution in [3.8, 4) is 0 Å². The van der Waals surface area contributed by atoms with Gasteiger partial charge in [-0.3, -0.25) is 9.80 Å². The molecule has 0 N–H and O–H groups in total. The molecule has 0 aromatic heterocycles. The lowest BCUT2D eigenvalue weighted by Gasteiger charge is -2.40. The van der Waals surface area contributed by atoms with Crippen LogP contribution in [0.3, 0.4) is 0 Å². The van der Waals surface area contributed by atoms with E-state index < -0.39 is 0 Å².